The van der Waals surface area contributed by atoms with E-state index in [1.807, 2.05) is 13.0 Å². The van der Waals surface area contributed by atoms with E-state index in [1.165, 1.54) is 4.88 Å². The van der Waals surface area contributed by atoms with E-state index in [9.17, 15) is 5.11 Å². The Morgan fingerprint density at radius 3 is 2.88 bits per heavy atom. The summed E-state index contributed by atoms with van der Waals surface area (Å²) in [6.07, 6.45) is 0. The summed E-state index contributed by atoms with van der Waals surface area (Å²) in [5.74, 6) is 0.706. The van der Waals surface area contributed by atoms with Crippen LogP contribution in [0.25, 0.3) is 20.7 Å². The Labute approximate surface area is 106 Å². The SMILES string of the molecule is Cc1nc(CO)c2scc(-c3cccs3)c2n1. The lowest BCUT2D eigenvalue weighted by Crippen LogP contribution is -1.95. The standard InChI is InChI=1S/C12H10N2OS2/c1-7-13-9(5-15)12-11(14-7)8(6-17-12)10-3-2-4-16-10/h2-4,6,15H,5H2,1H3. The molecular formula is C12H10N2OS2. The van der Waals surface area contributed by atoms with E-state index < -0.39 is 0 Å². The lowest BCUT2D eigenvalue weighted by molar-refractivity contribution is 0.278. The average molecular weight is 262 g/mol. The molecular weight excluding hydrogens is 252 g/mol. The van der Waals surface area contributed by atoms with Crippen LogP contribution in [0.2, 0.25) is 0 Å². The van der Waals surface area contributed by atoms with Gasteiger partial charge in [-0.1, -0.05) is 6.07 Å². The topological polar surface area (TPSA) is 46.0 Å². The number of hydrogen-bond donors (Lipinski definition) is 1. The van der Waals surface area contributed by atoms with Gasteiger partial charge in [-0.25, -0.2) is 9.97 Å². The molecule has 86 valence electrons. The number of fused-ring (bicyclic) bond motifs is 1. The average Bonchev–Trinajstić information content (AvgIpc) is 2.94. The zero-order valence-corrected chi connectivity index (χ0v) is 10.8. The van der Waals surface area contributed by atoms with Gasteiger partial charge in [-0.15, -0.1) is 22.7 Å². The fourth-order valence-corrected chi connectivity index (χ4v) is 3.62. The Bertz CT molecular complexity index is 659. The maximum atomic E-state index is 9.32. The molecule has 0 bridgehead atoms. The summed E-state index contributed by atoms with van der Waals surface area (Å²) < 4.78 is 0.988. The minimum Gasteiger partial charge on any atom is -0.390 e. The van der Waals surface area contributed by atoms with Gasteiger partial charge in [0.1, 0.15) is 5.82 Å². The lowest BCUT2D eigenvalue weighted by Gasteiger charge is -2.01. The molecule has 0 aliphatic heterocycles. The number of aliphatic hydroxyl groups excluding tert-OH is 1. The van der Waals surface area contributed by atoms with E-state index in [0.717, 1.165) is 21.5 Å². The molecule has 0 atom stereocenters. The largest absolute Gasteiger partial charge is 0.390 e. The molecule has 0 amide bonds. The van der Waals surface area contributed by atoms with E-state index in [4.69, 9.17) is 0 Å². The first-order chi connectivity index (χ1) is 8.29. The Morgan fingerprint density at radius 2 is 2.18 bits per heavy atom. The number of aryl methyl sites for hydroxylation is 1. The highest BCUT2D eigenvalue weighted by atomic mass is 32.1. The van der Waals surface area contributed by atoms with Crippen LogP contribution in [0.1, 0.15) is 11.5 Å². The second kappa shape index (κ2) is 4.18. The number of aliphatic hydroxyl groups is 1. The molecule has 0 radical (unpaired) electrons. The van der Waals surface area contributed by atoms with Crippen LogP contribution in [-0.4, -0.2) is 15.1 Å². The molecule has 1 N–H and O–H groups in total. The third kappa shape index (κ3) is 1.76. The highest BCUT2D eigenvalue weighted by molar-refractivity contribution is 7.19. The first-order valence-electron chi connectivity index (χ1n) is 5.19. The molecule has 3 rings (SSSR count). The Balaban J connectivity index is 2.32. The van der Waals surface area contributed by atoms with E-state index in [1.54, 1.807) is 22.7 Å². The van der Waals surface area contributed by atoms with Crippen LogP contribution in [0.5, 0.6) is 0 Å². The molecule has 0 aliphatic rings. The van der Waals surface area contributed by atoms with E-state index >= 15 is 0 Å². The van der Waals surface area contributed by atoms with Crippen molar-refractivity contribution >= 4 is 32.9 Å². The maximum absolute atomic E-state index is 9.32. The van der Waals surface area contributed by atoms with Gasteiger partial charge < -0.3 is 5.11 Å². The number of hydrogen-bond acceptors (Lipinski definition) is 5. The zero-order chi connectivity index (χ0) is 11.8. The van der Waals surface area contributed by atoms with Gasteiger partial charge >= 0.3 is 0 Å². The number of aromatic nitrogens is 2. The molecule has 0 aromatic carbocycles. The summed E-state index contributed by atoms with van der Waals surface area (Å²) in [6, 6.07) is 4.12. The molecule has 17 heavy (non-hydrogen) atoms. The van der Waals surface area contributed by atoms with Crippen LogP contribution in [0.15, 0.2) is 22.9 Å². The van der Waals surface area contributed by atoms with Crippen molar-refractivity contribution < 1.29 is 5.11 Å². The number of nitrogens with zero attached hydrogens (tertiary/aromatic N) is 2. The fraction of sp³-hybridized carbons (Fsp3) is 0.167. The van der Waals surface area contributed by atoms with Gasteiger partial charge in [-0.3, -0.25) is 0 Å². The summed E-state index contributed by atoms with van der Waals surface area (Å²) in [4.78, 5) is 9.97. The number of thiophene rings is 2. The van der Waals surface area contributed by atoms with Gasteiger partial charge in [0.25, 0.3) is 0 Å². The second-order valence-corrected chi connectivity index (χ2v) is 5.51. The van der Waals surface area contributed by atoms with E-state index in [0.29, 0.717) is 5.82 Å². The first kappa shape index (κ1) is 10.8. The molecule has 3 nitrogen and oxygen atoms in total. The molecule has 5 heteroatoms. The van der Waals surface area contributed by atoms with Crippen molar-refractivity contribution in [3.8, 4) is 10.4 Å². The van der Waals surface area contributed by atoms with Crippen molar-refractivity contribution in [2.75, 3.05) is 0 Å². The Kier molecular flexibility index (Phi) is 2.66. The van der Waals surface area contributed by atoms with Gasteiger partial charge in [0.2, 0.25) is 0 Å². The number of rotatable bonds is 2. The van der Waals surface area contributed by atoms with Crippen molar-refractivity contribution in [2.24, 2.45) is 0 Å². The minimum absolute atomic E-state index is 0.0374. The molecule has 0 saturated heterocycles. The smallest absolute Gasteiger partial charge is 0.126 e. The minimum atomic E-state index is -0.0374. The highest BCUT2D eigenvalue weighted by Crippen LogP contribution is 2.36. The Hall–Kier alpha value is -1.30. The van der Waals surface area contributed by atoms with Crippen molar-refractivity contribution in [1.29, 1.82) is 0 Å². The van der Waals surface area contributed by atoms with Crippen LogP contribution in [-0.2, 0) is 6.61 Å². The van der Waals surface area contributed by atoms with Gasteiger partial charge in [-0.2, -0.15) is 0 Å². The van der Waals surface area contributed by atoms with Crippen molar-refractivity contribution in [1.82, 2.24) is 9.97 Å². The molecule has 3 heterocycles. The van der Waals surface area contributed by atoms with Crippen LogP contribution >= 0.6 is 22.7 Å². The summed E-state index contributed by atoms with van der Waals surface area (Å²) in [5, 5.41) is 13.5. The van der Waals surface area contributed by atoms with Gasteiger partial charge in [0.15, 0.2) is 0 Å². The zero-order valence-electron chi connectivity index (χ0n) is 9.17. The monoisotopic (exact) mass is 262 g/mol. The van der Waals surface area contributed by atoms with Crippen LogP contribution in [0.4, 0.5) is 0 Å². The molecule has 3 aromatic heterocycles. The molecule has 3 aromatic rings. The van der Waals surface area contributed by atoms with Crippen molar-refractivity contribution in [3.63, 3.8) is 0 Å². The molecule has 0 fully saturated rings. The third-order valence-electron chi connectivity index (χ3n) is 2.53. The predicted octanol–water partition coefficient (Wildman–Crippen LogP) is 3.22. The summed E-state index contributed by atoms with van der Waals surface area (Å²) in [5.41, 5.74) is 2.81. The third-order valence-corrected chi connectivity index (χ3v) is 4.46. The maximum Gasteiger partial charge on any atom is 0.126 e. The molecule has 0 spiro atoms. The fourth-order valence-electron chi connectivity index (χ4n) is 1.81. The van der Waals surface area contributed by atoms with Gasteiger partial charge in [0, 0.05) is 15.8 Å². The molecule has 0 aliphatic carbocycles. The summed E-state index contributed by atoms with van der Waals surface area (Å²) >= 11 is 3.29. The van der Waals surface area contributed by atoms with E-state index in [-0.39, 0.29) is 6.61 Å². The van der Waals surface area contributed by atoms with Gasteiger partial charge in [0.05, 0.1) is 22.5 Å². The summed E-state index contributed by atoms with van der Waals surface area (Å²) in [7, 11) is 0. The predicted molar refractivity (Wildman–Crippen MR) is 71.4 cm³/mol. The first-order valence-corrected chi connectivity index (χ1v) is 6.95. The summed E-state index contributed by atoms with van der Waals surface area (Å²) in [6.45, 7) is 1.82. The van der Waals surface area contributed by atoms with E-state index in [2.05, 4.69) is 26.8 Å². The van der Waals surface area contributed by atoms with Crippen LogP contribution in [0.3, 0.4) is 0 Å². The van der Waals surface area contributed by atoms with Gasteiger partial charge in [-0.05, 0) is 18.4 Å². The van der Waals surface area contributed by atoms with Crippen molar-refractivity contribution in [2.45, 2.75) is 13.5 Å². The molecule has 0 unspecified atom stereocenters. The second-order valence-electron chi connectivity index (χ2n) is 3.68. The quantitative estimate of drug-likeness (QED) is 0.771. The lowest BCUT2D eigenvalue weighted by atomic mass is 10.2. The highest BCUT2D eigenvalue weighted by Gasteiger charge is 2.13. The molecule has 0 saturated carbocycles. The van der Waals surface area contributed by atoms with Crippen LogP contribution < -0.4 is 0 Å². The normalized spacial score (nSPS) is 11.2. The van der Waals surface area contributed by atoms with Crippen molar-refractivity contribution in [3.05, 3.63) is 34.4 Å². The van der Waals surface area contributed by atoms with Crippen LogP contribution in [0, 0.1) is 6.92 Å². The Morgan fingerprint density at radius 1 is 1.29 bits per heavy atom.